The van der Waals surface area contributed by atoms with Gasteiger partial charge in [-0.25, -0.2) is 0 Å². The maximum atomic E-state index is 9.26. The Kier molecular flexibility index (Phi) is 4.89. The lowest BCUT2D eigenvalue weighted by atomic mass is 10.1. The van der Waals surface area contributed by atoms with E-state index in [0.717, 1.165) is 11.1 Å². The highest BCUT2D eigenvalue weighted by Gasteiger charge is 2.16. The zero-order chi connectivity index (χ0) is 19.2. The molecule has 1 N–H and O–H groups in total. The molecule has 0 atom stereocenters. The predicted octanol–water partition coefficient (Wildman–Crippen LogP) is 3.34. The number of aryl methyl sites for hydroxylation is 1. The number of nitriles is 3. The van der Waals surface area contributed by atoms with Crippen LogP contribution >= 0.6 is 0 Å². The van der Waals surface area contributed by atoms with Gasteiger partial charge >= 0.3 is 0 Å². The third-order valence-corrected chi connectivity index (χ3v) is 3.60. The van der Waals surface area contributed by atoms with Crippen LogP contribution in [0.5, 0.6) is 0 Å². The summed E-state index contributed by atoms with van der Waals surface area (Å²) in [5, 5.41) is 38.2. The van der Waals surface area contributed by atoms with Crippen molar-refractivity contribution in [1.82, 2.24) is 15.2 Å². The van der Waals surface area contributed by atoms with Gasteiger partial charge in [0.25, 0.3) is 0 Å². The number of rotatable bonds is 4. The Bertz CT molecular complexity index is 1130. The molecular weight excluding hydrogens is 342 g/mol. The first-order chi connectivity index (χ1) is 13.2. The Morgan fingerprint density at radius 2 is 1.67 bits per heavy atom. The summed E-state index contributed by atoms with van der Waals surface area (Å²) in [6, 6.07) is 14.0. The van der Waals surface area contributed by atoms with Crippen LogP contribution in [0.1, 0.15) is 5.56 Å². The number of hydrogen-bond acceptors (Lipinski definition) is 8. The summed E-state index contributed by atoms with van der Waals surface area (Å²) >= 11 is 0. The molecule has 0 aliphatic rings. The van der Waals surface area contributed by atoms with Crippen molar-refractivity contribution in [2.75, 3.05) is 5.32 Å². The molecule has 0 aliphatic carbocycles. The van der Waals surface area contributed by atoms with Crippen LogP contribution in [-0.4, -0.2) is 15.2 Å². The van der Waals surface area contributed by atoms with Crippen molar-refractivity contribution in [2.45, 2.75) is 6.92 Å². The summed E-state index contributed by atoms with van der Waals surface area (Å²) in [5.41, 5.74) is 2.20. The molecule has 0 aliphatic heterocycles. The van der Waals surface area contributed by atoms with Gasteiger partial charge in [0.05, 0.1) is 11.3 Å². The van der Waals surface area contributed by atoms with Gasteiger partial charge in [-0.15, -0.1) is 10.2 Å². The van der Waals surface area contributed by atoms with E-state index in [2.05, 4.69) is 20.5 Å². The molecule has 3 aromatic rings. The van der Waals surface area contributed by atoms with E-state index in [0.29, 0.717) is 17.1 Å². The monoisotopic (exact) mass is 353 g/mol. The van der Waals surface area contributed by atoms with E-state index in [1.165, 1.54) is 0 Å². The smallest absolute Gasteiger partial charge is 0.250 e. The lowest BCUT2D eigenvalue weighted by Crippen LogP contribution is -2.02. The topological polar surface area (TPSA) is 135 Å². The van der Waals surface area contributed by atoms with Gasteiger partial charge in [-0.2, -0.15) is 15.8 Å². The lowest BCUT2D eigenvalue weighted by molar-refractivity contribution is 0.584. The largest absolute Gasteiger partial charge is 0.416 e. The molecule has 0 radical (unpaired) electrons. The number of pyridine rings is 1. The number of hydrogen-bond donors (Lipinski definition) is 1. The minimum atomic E-state index is -0.313. The minimum Gasteiger partial charge on any atom is -0.416 e. The fourth-order valence-corrected chi connectivity index (χ4v) is 2.31. The highest BCUT2D eigenvalue weighted by atomic mass is 16.4. The molecule has 27 heavy (non-hydrogen) atoms. The van der Waals surface area contributed by atoms with E-state index in [4.69, 9.17) is 14.9 Å². The van der Waals surface area contributed by atoms with Crippen molar-refractivity contribution < 1.29 is 4.42 Å². The molecule has 0 bridgehead atoms. The Balaban J connectivity index is 2.05. The molecule has 2 aromatic heterocycles. The predicted molar refractivity (Wildman–Crippen MR) is 95.2 cm³/mol. The van der Waals surface area contributed by atoms with Crippen molar-refractivity contribution in [3.05, 3.63) is 59.6 Å². The van der Waals surface area contributed by atoms with Gasteiger partial charge in [0.2, 0.25) is 11.8 Å². The number of aromatic nitrogens is 3. The molecule has 0 saturated carbocycles. The van der Waals surface area contributed by atoms with Gasteiger partial charge in [-0.1, -0.05) is 11.6 Å². The van der Waals surface area contributed by atoms with Crippen LogP contribution < -0.4 is 5.32 Å². The van der Waals surface area contributed by atoms with E-state index in [9.17, 15) is 5.26 Å². The standard InChI is InChI=1S/C19H11N7O/c1-12-2-3-16(24-17(11-22)14(9-20)10-21)15(8-12)19-26-25-18(27-19)13-4-6-23-7-5-13/h2-8,24H,1H3. The number of anilines is 1. The van der Waals surface area contributed by atoms with Crippen LogP contribution in [0.4, 0.5) is 5.69 Å². The molecule has 0 saturated heterocycles. The maximum Gasteiger partial charge on any atom is 0.250 e. The quantitative estimate of drug-likeness (QED) is 0.705. The molecule has 2 heterocycles. The van der Waals surface area contributed by atoms with E-state index in [1.54, 1.807) is 48.8 Å². The Hall–Kier alpha value is -4.48. The SMILES string of the molecule is Cc1ccc(NC(C#N)=C(C#N)C#N)c(-c2nnc(-c3ccncc3)o2)c1. The Morgan fingerprint density at radius 1 is 0.963 bits per heavy atom. The zero-order valence-electron chi connectivity index (χ0n) is 14.1. The van der Waals surface area contributed by atoms with Crippen molar-refractivity contribution in [2.24, 2.45) is 0 Å². The molecule has 8 heteroatoms. The van der Waals surface area contributed by atoms with Gasteiger partial charge < -0.3 is 9.73 Å². The second-order valence-corrected chi connectivity index (χ2v) is 5.41. The zero-order valence-corrected chi connectivity index (χ0v) is 14.1. The van der Waals surface area contributed by atoms with Crippen molar-refractivity contribution in [3.63, 3.8) is 0 Å². The summed E-state index contributed by atoms with van der Waals surface area (Å²) in [4.78, 5) is 3.95. The molecule has 1 aromatic carbocycles. The second kappa shape index (κ2) is 7.60. The summed E-state index contributed by atoms with van der Waals surface area (Å²) < 4.78 is 5.76. The summed E-state index contributed by atoms with van der Waals surface area (Å²) in [6.45, 7) is 1.89. The van der Waals surface area contributed by atoms with E-state index in [-0.39, 0.29) is 17.2 Å². The molecule has 0 fully saturated rings. The summed E-state index contributed by atoms with van der Waals surface area (Å²) in [7, 11) is 0. The molecule has 3 rings (SSSR count). The summed E-state index contributed by atoms with van der Waals surface area (Å²) in [6.07, 6.45) is 3.24. The van der Waals surface area contributed by atoms with Gasteiger partial charge in [0.15, 0.2) is 5.57 Å². The number of nitrogens with zero attached hydrogens (tertiary/aromatic N) is 6. The normalized spacial score (nSPS) is 9.56. The van der Waals surface area contributed by atoms with Crippen LogP contribution in [0, 0.1) is 40.9 Å². The van der Waals surface area contributed by atoms with Crippen LogP contribution in [0.15, 0.2) is 58.4 Å². The highest BCUT2D eigenvalue weighted by molar-refractivity contribution is 5.76. The third-order valence-electron chi connectivity index (χ3n) is 3.60. The first-order valence-electron chi connectivity index (χ1n) is 7.72. The van der Waals surface area contributed by atoms with Crippen molar-refractivity contribution >= 4 is 5.69 Å². The van der Waals surface area contributed by atoms with Crippen LogP contribution in [0.2, 0.25) is 0 Å². The molecule has 128 valence electrons. The Morgan fingerprint density at radius 3 is 2.33 bits per heavy atom. The van der Waals surface area contributed by atoms with Gasteiger partial charge in [-0.3, -0.25) is 4.98 Å². The average Bonchev–Trinajstić information content (AvgIpc) is 3.20. The van der Waals surface area contributed by atoms with E-state index < -0.39 is 0 Å². The van der Waals surface area contributed by atoms with Gasteiger partial charge in [0.1, 0.15) is 23.9 Å². The van der Waals surface area contributed by atoms with Crippen LogP contribution in [0.25, 0.3) is 22.9 Å². The van der Waals surface area contributed by atoms with Gasteiger partial charge in [-0.05, 0) is 31.2 Å². The van der Waals surface area contributed by atoms with Crippen molar-refractivity contribution in [3.8, 4) is 41.1 Å². The molecule has 0 spiro atoms. The molecule has 0 unspecified atom stereocenters. The second-order valence-electron chi connectivity index (χ2n) is 5.41. The number of allylic oxidation sites excluding steroid dienone is 2. The van der Waals surface area contributed by atoms with Crippen LogP contribution in [-0.2, 0) is 0 Å². The van der Waals surface area contributed by atoms with Gasteiger partial charge in [0, 0.05) is 18.0 Å². The first kappa shape index (κ1) is 17.3. The molecule has 8 nitrogen and oxygen atoms in total. The van der Waals surface area contributed by atoms with Crippen LogP contribution in [0.3, 0.4) is 0 Å². The van der Waals surface area contributed by atoms with E-state index >= 15 is 0 Å². The number of benzene rings is 1. The fourth-order valence-electron chi connectivity index (χ4n) is 2.31. The summed E-state index contributed by atoms with van der Waals surface area (Å²) in [5.74, 6) is 0.561. The highest BCUT2D eigenvalue weighted by Crippen LogP contribution is 2.31. The fraction of sp³-hybridized carbons (Fsp3) is 0.0526. The lowest BCUT2D eigenvalue weighted by Gasteiger charge is -2.09. The number of nitrogens with one attached hydrogen (secondary N) is 1. The molecule has 0 amide bonds. The Labute approximate surface area is 154 Å². The van der Waals surface area contributed by atoms with Crippen molar-refractivity contribution in [1.29, 1.82) is 15.8 Å². The molecular formula is C19H11N7O. The first-order valence-corrected chi connectivity index (χ1v) is 7.72. The minimum absolute atomic E-state index is 0.154. The average molecular weight is 353 g/mol. The third kappa shape index (κ3) is 3.63. The van der Waals surface area contributed by atoms with E-state index in [1.807, 2.05) is 19.1 Å². The maximum absolute atomic E-state index is 9.26.